The molecule has 2 unspecified atom stereocenters. The lowest BCUT2D eigenvalue weighted by atomic mass is 9.92. The van der Waals surface area contributed by atoms with Gasteiger partial charge in [-0.1, -0.05) is 32.1 Å². The van der Waals surface area contributed by atoms with Crippen LogP contribution >= 0.6 is 0 Å². The average molecular weight is 208 g/mol. The Kier molecular flexibility index (Phi) is 6.52. The van der Waals surface area contributed by atoms with E-state index in [0.29, 0.717) is 5.92 Å². The van der Waals surface area contributed by atoms with Gasteiger partial charge in [-0.05, 0) is 31.6 Å². The Labute approximate surface area is 94.3 Å². The van der Waals surface area contributed by atoms with E-state index in [2.05, 4.69) is 5.92 Å². The van der Waals surface area contributed by atoms with Crippen molar-refractivity contribution in [1.82, 2.24) is 0 Å². The lowest BCUT2D eigenvalue weighted by molar-refractivity contribution is 0.142. The summed E-state index contributed by atoms with van der Waals surface area (Å²) in [7, 11) is 0. The van der Waals surface area contributed by atoms with E-state index < -0.39 is 0 Å². The third-order valence-corrected chi connectivity index (χ3v) is 3.46. The van der Waals surface area contributed by atoms with Crippen molar-refractivity contribution < 1.29 is 5.11 Å². The minimum atomic E-state index is -0.0802. The highest BCUT2D eigenvalue weighted by atomic mass is 16.3. The Bertz CT molecular complexity index is 192. The SMILES string of the molecule is C#CCC1CCCCCCCC(O)CC1. The first kappa shape index (κ1) is 12.6. The van der Waals surface area contributed by atoms with E-state index in [-0.39, 0.29) is 6.10 Å². The molecular formula is C14H24O. The Hall–Kier alpha value is -0.480. The smallest absolute Gasteiger partial charge is 0.0540 e. The Morgan fingerprint density at radius 1 is 0.933 bits per heavy atom. The largest absolute Gasteiger partial charge is 0.393 e. The normalized spacial score (nSPS) is 30.1. The van der Waals surface area contributed by atoms with Crippen LogP contribution in [0.1, 0.15) is 64.2 Å². The van der Waals surface area contributed by atoms with Gasteiger partial charge in [0.05, 0.1) is 6.10 Å². The second kappa shape index (κ2) is 7.77. The van der Waals surface area contributed by atoms with Gasteiger partial charge in [0, 0.05) is 6.42 Å². The molecule has 1 nitrogen and oxygen atoms in total. The summed E-state index contributed by atoms with van der Waals surface area (Å²) >= 11 is 0. The van der Waals surface area contributed by atoms with Crippen LogP contribution < -0.4 is 0 Å². The molecule has 0 amide bonds. The molecule has 0 aromatic heterocycles. The van der Waals surface area contributed by atoms with Crippen molar-refractivity contribution in [3.05, 3.63) is 0 Å². The predicted octanol–water partition coefficient (Wildman–Crippen LogP) is 3.51. The Balaban J connectivity index is 2.34. The zero-order valence-electron chi connectivity index (χ0n) is 9.75. The molecule has 0 aliphatic heterocycles. The minimum absolute atomic E-state index is 0.0802. The topological polar surface area (TPSA) is 20.2 Å². The van der Waals surface area contributed by atoms with Crippen molar-refractivity contribution in [2.24, 2.45) is 5.92 Å². The number of rotatable bonds is 1. The van der Waals surface area contributed by atoms with Crippen LogP contribution in [0.25, 0.3) is 0 Å². The maximum atomic E-state index is 9.76. The third-order valence-electron chi connectivity index (χ3n) is 3.46. The molecule has 1 fully saturated rings. The molecule has 0 heterocycles. The molecule has 15 heavy (non-hydrogen) atoms. The van der Waals surface area contributed by atoms with Crippen molar-refractivity contribution >= 4 is 0 Å². The van der Waals surface area contributed by atoms with Crippen LogP contribution in [-0.4, -0.2) is 11.2 Å². The first-order chi connectivity index (χ1) is 7.33. The maximum absolute atomic E-state index is 9.76. The molecular weight excluding hydrogens is 184 g/mol. The van der Waals surface area contributed by atoms with E-state index in [4.69, 9.17) is 6.42 Å². The van der Waals surface area contributed by atoms with Gasteiger partial charge in [-0.3, -0.25) is 0 Å². The van der Waals surface area contributed by atoms with Gasteiger partial charge in [-0.2, -0.15) is 0 Å². The fourth-order valence-corrected chi connectivity index (χ4v) is 2.43. The molecule has 1 heteroatoms. The molecule has 1 N–H and O–H groups in total. The third kappa shape index (κ3) is 5.85. The zero-order valence-corrected chi connectivity index (χ0v) is 9.75. The van der Waals surface area contributed by atoms with Gasteiger partial charge in [0.2, 0.25) is 0 Å². The first-order valence-corrected chi connectivity index (χ1v) is 6.44. The summed E-state index contributed by atoms with van der Waals surface area (Å²) in [4.78, 5) is 0. The van der Waals surface area contributed by atoms with Crippen LogP contribution in [0.4, 0.5) is 0 Å². The van der Waals surface area contributed by atoms with E-state index in [1.54, 1.807) is 0 Å². The van der Waals surface area contributed by atoms with Gasteiger partial charge < -0.3 is 5.11 Å². The van der Waals surface area contributed by atoms with E-state index in [1.807, 2.05) is 0 Å². The minimum Gasteiger partial charge on any atom is -0.393 e. The van der Waals surface area contributed by atoms with Crippen molar-refractivity contribution in [3.8, 4) is 12.3 Å². The van der Waals surface area contributed by atoms with Crippen LogP contribution in [0.2, 0.25) is 0 Å². The summed E-state index contributed by atoms with van der Waals surface area (Å²) in [5.74, 6) is 3.43. The molecule has 0 aromatic rings. The summed E-state index contributed by atoms with van der Waals surface area (Å²) in [6.07, 6.45) is 17.0. The molecule has 1 saturated carbocycles. The number of hydrogen-bond donors (Lipinski definition) is 1. The first-order valence-electron chi connectivity index (χ1n) is 6.44. The van der Waals surface area contributed by atoms with Crippen LogP contribution in [0.3, 0.4) is 0 Å². The van der Waals surface area contributed by atoms with Gasteiger partial charge in [0.1, 0.15) is 0 Å². The number of terminal acetylenes is 1. The molecule has 2 atom stereocenters. The maximum Gasteiger partial charge on any atom is 0.0540 e. The molecule has 1 aliphatic rings. The van der Waals surface area contributed by atoms with E-state index >= 15 is 0 Å². The summed E-state index contributed by atoms with van der Waals surface area (Å²) in [6.45, 7) is 0. The highest BCUT2D eigenvalue weighted by Crippen LogP contribution is 2.23. The van der Waals surface area contributed by atoms with Crippen molar-refractivity contribution in [1.29, 1.82) is 0 Å². The van der Waals surface area contributed by atoms with Crippen molar-refractivity contribution in [3.63, 3.8) is 0 Å². The molecule has 0 radical (unpaired) electrons. The summed E-state index contributed by atoms with van der Waals surface area (Å²) in [5, 5.41) is 9.76. The number of aliphatic hydroxyl groups excluding tert-OH is 1. The fourth-order valence-electron chi connectivity index (χ4n) is 2.43. The molecule has 1 rings (SSSR count). The molecule has 0 aromatic carbocycles. The fraction of sp³-hybridized carbons (Fsp3) is 0.857. The molecule has 1 aliphatic carbocycles. The van der Waals surface area contributed by atoms with Crippen LogP contribution in [0, 0.1) is 18.3 Å². The van der Waals surface area contributed by atoms with Gasteiger partial charge >= 0.3 is 0 Å². The van der Waals surface area contributed by atoms with Gasteiger partial charge in [-0.15, -0.1) is 12.3 Å². The van der Waals surface area contributed by atoms with E-state index in [9.17, 15) is 5.11 Å². The molecule has 86 valence electrons. The monoisotopic (exact) mass is 208 g/mol. The van der Waals surface area contributed by atoms with Crippen LogP contribution in [0.15, 0.2) is 0 Å². The summed E-state index contributed by atoms with van der Waals surface area (Å²) < 4.78 is 0. The number of hydrogen-bond acceptors (Lipinski definition) is 1. The number of aliphatic hydroxyl groups is 1. The van der Waals surface area contributed by atoms with Gasteiger partial charge in [0.25, 0.3) is 0 Å². The Morgan fingerprint density at radius 3 is 2.33 bits per heavy atom. The molecule has 0 bridgehead atoms. The van der Waals surface area contributed by atoms with Gasteiger partial charge in [-0.25, -0.2) is 0 Å². The van der Waals surface area contributed by atoms with Crippen LogP contribution in [-0.2, 0) is 0 Å². The Morgan fingerprint density at radius 2 is 1.60 bits per heavy atom. The van der Waals surface area contributed by atoms with E-state index in [0.717, 1.165) is 25.7 Å². The lowest BCUT2D eigenvalue weighted by Gasteiger charge is -2.15. The second-order valence-electron chi connectivity index (χ2n) is 4.85. The lowest BCUT2D eigenvalue weighted by Crippen LogP contribution is -2.09. The highest BCUT2D eigenvalue weighted by Gasteiger charge is 2.12. The second-order valence-corrected chi connectivity index (χ2v) is 4.85. The standard InChI is InChI=1S/C14H24O/c1-2-8-13-9-6-4-3-5-7-10-14(15)12-11-13/h1,13-15H,3-12H2. The van der Waals surface area contributed by atoms with Crippen LogP contribution in [0.5, 0.6) is 0 Å². The average Bonchev–Trinajstić information content (AvgIpc) is 2.27. The van der Waals surface area contributed by atoms with E-state index in [1.165, 1.54) is 38.5 Å². The molecule has 0 saturated heterocycles. The summed E-state index contributed by atoms with van der Waals surface area (Å²) in [6, 6.07) is 0. The summed E-state index contributed by atoms with van der Waals surface area (Å²) in [5.41, 5.74) is 0. The molecule has 0 spiro atoms. The quantitative estimate of drug-likeness (QED) is 0.654. The highest BCUT2D eigenvalue weighted by molar-refractivity contribution is 4.87. The zero-order chi connectivity index (χ0) is 10.9. The van der Waals surface area contributed by atoms with Crippen molar-refractivity contribution in [2.75, 3.05) is 0 Å². The predicted molar refractivity (Wildman–Crippen MR) is 64.5 cm³/mol. The van der Waals surface area contributed by atoms with Crippen molar-refractivity contribution in [2.45, 2.75) is 70.3 Å². The van der Waals surface area contributed by atoms with Gasteiger partial charge in [0.15, 0.2) is 0 Å².